The molecule has 0 radical (unpaired) electrons. The van der Waals surface area contributed by atoms with E-state index in [1.165, 1.54) is 4.88 Å². The lowest BCUT2D eigenvalue weighted by molar-refractivity contribution is -0.115. The molecule has 1 heterocycles. The molecule has 19 heavy (non-hydrogen) atoms. The highest BCUT2D eigenvalue weighted by Gasteiger charge is 2.27. The molecule has 2 N–H and O–H groups in total. The number of carbonyl (C=O) groups is 2. The fraction of sp³-hybridized carbons (Fsp3) is 0.571. The average Bonchev–Trinajstić information content (AvgIpc) is 2.74. The van der Waals surface area contributed by atoms with Crippen LogP contribution in [0.25, 0.3) is 0 Å². The summed E-state index contributed by atoms with van der Waals surface area (Å²) in [4.78, 5) is 24.9. The Morgan fingerprint density at radius 1 is 1.42 bits per heavy atom. The zero-order valence-electron chi connectivity index (χ0n) is 11.6. The second kappa shape index (κ2) is 5.74. The van der Waals surface area contributed by atoms with Crippen molar-refractivity contribution in [2.45, 2.75) is 39.5 Å². The van der Waals surface area contributed by atoms with E-state index in [2.05, 4.69) is 17.6 Å². The Labute approximate surface area is 117 Å². The van der Waals surface area contributed by atoms with Gasteiger partial charge >= 0.3 is 0 Å². The summed E-state index contributed by atoms with van der Waals surface area (Å²) in [5.74, 6) is 0.508. The standard InChI is InChI=1S/C14H20N2O2S/c1-4-11(17)16-14-12(13(18)15-3)9-6-5-8(2)7-10(9)19-14/h8H,4-7H2,1-3H3,(H,15,18)(H,16,17)/t8-/m0/s1. The third kappa shape index (κ3) is 2.81. The third-order valence-electron chi connectivity index (χ3n) is 3.54. The number of hydrogen-bond donors (Lipinski definition) is 2. The molecule has 1 aromatic heterocycles. The van der Waals surface area contributed by atoms with Gasteiger partial charge in [0, 0.05) is 18.3 Å². The summed E-state index contributed by atoms with van der Waals surface area (Å²) in [6, 6.07) is 0. The molecule has 104 valence electrons. The summed E-state index contributed by atoms with van der Waals surface area (Å²) >= 11 is 1.56. The highest BCUT2D eigenvalue weighted by molar-refractivity contribution is 7.17. The second-order valence-corrected chi connectivity index (χ2v) is 6.14. The van der Waals surface area contributed by atoms with Gasteiger partial charge in [-0.1, -0.05) is 13.8 Å². The molecule has 4 nitrogen and oxygen atoms in total. The van der Waals surface area contributed by atoms with Crippen molar-refractivity contribution >= 4 is 28.2 Å². The van der Waals surface area contributed by atoms with E-state index in [1.54, 1.807) is 18.4 Å². The Hall–Kier alpha value is -1.36. The van der Waals surface area contributed by atoms with E-state index in [4.69, 9.17) is 0 Å². The van der Waals surface area contributed by atoms with Crippen LogP contribution in [-0.4, -0.2) is 18.9 Å². The van der Waals surface area contributed by atoms with Crippen LogP contribution in [0.5, 0.6) is 0 Å². The molecule has 0 spiro atoms. The number of rotatable bonds is 3. The molecule has 0 aliphatic heterocycles. The number of hydrogen-bond acceptors (Lipinski definition) is 3. The summed E-state index contributed by atoms with van der Waals surface area (Å²) in [5, 5.41) is 6.26. The van der Waals surface area contributed by atoms with Crippen LogP contribution in [0.4, 0.5) is 5.00 Å². The first-order valence-corrected chi connectivity index (χ1v) is 7.54. The van der Waals surface area contributed by atoms with Crippen molar-refractivity contribution in [1.82, 2.24) is 5.32 Å². The Bertz CT molecular complexity index is 508. The number of carbonyl (C=O) groups excluding carboxylic acids is 2. The molecular weight excluding hydrogens is 260 g/mol. The Morgan fingerprint density at radius 3 is 2.79 bits per heavy atom. The zero-order valence-corrected chi connectivity index (χ0v) is 12.4. The van der Waals surface area contributed by atoms with E-state index >= 15 is 0 Å². The topological polar surface area (TPSA) is 58.2 Å². The summed E-state index contributed by atoms with van der Waals surface area (Å²) in [6.45, 7) is 4.04. The molecule has 0 fully saturated rings. The van der Waals surface area contributed by atoms with Crippen molar-refractivity contribution in [3.05, 3.63) is 16.0 Å². The molecule has 0 bridgehead atoms. The average molecular weight is 280 g/mol. The molecule has 1 atom stereocenters. The number of thiophene rings is 1. The first kappa shape index (κ1) is 14.1. The Morgan fingerprint density at radius 2 is 2.16 bits per heavy atom. The molecule has 5 heteroatoms. The van der Waals surface area contributed by atoms with Gasteiger partial charge in [0.2, 0.25) is 5.91 Å². The highest BCUT2D eigenvalue weighted by atomic mass is 32.1. The molecular formula is C14H20N2O2S. The SMILES string of the molecule is CCC(=O)Nc1sc2c(c1C(=O)NC)CC[C@H](C)C2. The van der Waals surface area contributed by atoms with Crippen molar-refractivity contribution in [1.29, 1.82) is 0 Å². The number of fused-ring (bicyclic) bond motifs is 1. The quantitative estimate of drug-likeness (QED) is 0.894. The van der Waals surface area contributed by atoms with E-state index in [0.717, 1.165) is 24.8 Å². The molecule has 1 aliphatic rings. The van der Waals surface area contributed by atoms with Gasteiger partial charge in [0.1, 0.15) is 5.00 Å². The van der Waals surface area contributed by atoms with Gasteiger partial charge in [-0.2, -0.15) is 0 Å². The van der Waals surface area contributed by atoms with Crippen LogP contribution in [0.1, 0.15) is 47.5 Å². The fourth-order valence-corrected chi connectivity index (χ4v) is 3.84. The molecule has 0 aromatic carbocycles. The number of anilines is 1. The van der Waals surface area contributed by atoms with E-state index in [1.807, 2.05) is 6.92 Å². The summed E-state index contributed by atoms with van der Waals surface area (Å²) < 4.78 is 0. The lowest BCUT2D eigenvalue weighted by Crippen LogP contribution is -2.22. The minimum Gasteiger partial charge on any atom is -0.355 e. The molecule has 1 aliphatic carbocycles. The molecule has 0 unspecified atom stereocenters. The first-order valence-electron chi connectivity index (χ1n) is 6.73. The predicted molar refractivity (Wildman–Crippen MR) is 77.8 cm³/mol. The Balaban J connectivity index is 2.41. The monoisotopic (exact) mass is 280 g/mol. The molecule has 1 aromatic rings. The van der Waals surface area contributed by atoms with Gasteiger partial charge in [-0.05, 0) is 30.7 Å². The van der Waals surface area contributed by atoms with Crippen LogP contribution in [0, 0.1) is 5.92 Å². The maximum atomic E-state index is 12.1. The smallest absolute Gasteiger partial charge is 0.254 e. The molecule has 2 rings (SSSR count). The number of nitrogens with one attached hydrogen (secondary N) is 2. The minimum absolute atomic E-state index is 0.0446. The summed E-state index contributed by atoms with van der Waals surface area (Å²) in [7, 11) is 1.63. The van der Waals surface area contributed by atoms with Crippen LogP contribution < -0.4 is 10.6 Å². The van der Waals surface area contributed by atoms with E-state index in [0.29, 0.717) is 22.9 Å². The second-order valence-electron chi connectivity index (χ2n) is 5.04. The van der Waals surface area contributed by atoms with Crippen LogP contribution in [0.3, 0.4) is 0 Å². The van der Waals surface area contributed by atoms with Crippen LogP contribution >= 0.6 is 11.3 Å². The molecule has 0 saturated heterocycles. The third-order valence-corrected chi connectivity index (χ3v) is 4.71. The fourth-order valence-electron chi connectivity index (χ4n) is 2.42. The van der Waals surface area contributed by atoms with E-state index in [9.17, 15) is 9.59 Å². The van der Waals surface area contributed by atoms with Crippen molar-refractivity contribution in [3.8, 4) is 0 Å². The van der Waals surface area contributed by atoms with Gasteiger partial charge in [0.05, 0.1) is 5.56 Å². The van der Waals surface area contributed by atoms with Gasteiger partial charge in [-0.3, -0.25) is 9.59 Å². The van der Waals surface area contributed by atoms with Crippen LogP contribution in [0.2, 0.25) is 0 Å². The van der Waals surface area contributed by atoms with Gasteiger partial charge in [0.15, 0.2) is 0 Å². The van der Waals surface area contributed by atoms with Crippen molar-refractivity contribution < 1.29 is 9.59 Å². The maximum absolute atomic E-state index is 12.1. The normalized spacial score (nSPS) is 17.7. The van der Waals surface area contributed by atoms with Gasteiger partial charge in [-0.25, -0.2) is 0 Å². The van der Waals surface area contributed by atoms with Crippen molar-refractivity contribution in [2.75, 3.05) is 12.4 Å². The summed E-state index contributed by atoms with van der Waals surface area (Å²) in [6.07, 6.45) is 3.46. The molecule has 2 amide bonds. The lowest BCUT2D eigenvalue weighted by Gasteiger charge is -2.18. The van der Waals surface area contributed by atoms with E-state index in [-0.39, 0.29) is 11.8 Å². The first-order chi connectivity index (χ1) is 9.06. The molecule has 0 saturated carbocycles. The highest BCUT2D eigenvalue weighted by Crippen LogP contribution is 2.39. The van der Waals surface area contributed by atoms with Gasteiger partial charge in [-0.15, -0.1) is 11.3 Å². The zero-order chi connectivity index (χ0) is 14.0. The van der Waals surface area contributed by atoms with Gasteiger partial charge < -0.3 is 10.6 Å². The van der Waals surface area contributed by atoms with Gasteiger partial charge in [0.25, 0.3) is 5.91 Å². The van der Waals surface area contributed by atoms with Crippen LogP contribution in [0.15, 0.2) is 0 Å². The minimum atomic E-state index is -0.0987. The summed E-state index contributed by atoms with van der Waals surface area (Å²) in [5.41, 5.74) is 1.81. The number of amides is 2. The van der Waals surface area contributed by atoms with Crippen molar-refractivity contribution in [3.63, 3.8) is 0 Å². The predicted octanol–water partition coefficient (Wildman–Crippen LogP) is 2.58. The Kier molecular flexibility index (Phi) is 4.24. The van der Waals surface area contributed by atoms with Crippen LogP contribution in [-0.2, 0) is 17.6 Å². The lowest BCUT2D eigenvalue weighted by atomic mass is 9.88. The largest absolute Gasteiger partial charge is 0.355 e. The van der Waals surface area contributed by atoms with Crippen molar-refractivity contribution in [2.24, 2.45) is 5.92 Å². The van der Waals surface area contributed by atoms with E-state index < -0.39 is 0 Å². The maximum Gasteiger partial charge on any atom is 0.254 e.